The molecule has 23 heavy (non-hydrogen) atoms. The van der Waals surface area contributed by atoms with Gasteiger partial charge >= 0.3 is 0 Å². The molecular formula is C17H17Br2N3O. The molecular weight excluding hydrogens is 422 g/mol. The van der Waals surface area contributed by atoms with Crippen LogP contribution < -0.4 is 5.32 Å². The summed E-state index contributed by atoms with van der Waals surface area (Å²) in [6.07, 6.45) is 0. The van der Waals surface area contributed by atoms with Gasteiger partial charge in [0.1, 0.15) is 5.75 Å². The molecule has 0 atom stereocenters. The molecule has 2 N–H and O–H groups in total. The van der Waals surface area contributed by atoms with Crippen LogP contribution in [0.3, 0.4) is 0 Å². The van der Waals surface area contributed by atoms with Crippen LogP contribution in [0.15, 0.2) is 45.3 Å². The van der Waals surface area contributed by atoms with Gasteiger partial charge in [-0.2, -0.15) is 0 Å². The van der Waals surface area contributed by atoms with Crippen molar-refractivity contribution < 1.29 is 5.11 Å². The number of hydrogen-bond donors (Lipinski definition) is 2. The number of benzene rings is 2. The summed E-state index contributed by atoms with van der Waals surface area (Å²) in [5, 5.41) is 13.5. The standard InChI is InChI=1S/C17H17Br2N3O/c1-10(2)22-15-6-4-3-5-14(15)21-17(22)20-9-11-7-12(18)8-13(19)16(11)23/h3-8,10,23H,9H2,1-2H3,(H,20,21). The number of nitrogens with zero attached hydrogens (tertiary/aromatic N) is 2. The van der Waals surface area contributed by atoms with Crippen molar-refractivity contribution in [2.24, 2.45) is 0 Å². The van der Waals surface area contributed by atoms with E-state index in [-0.39, 0.29) is 11.8 Å². The molecule has 0 aliphatic carbocycles. The minimum absolute atomic E-state index is 0.243. The fourth-order valence-corrected chi connectivity index (χ4v) is 3.93. The molecule has 0 bridgehead atoms. The maximum Gasteiger partial charge on any atom is 0.204 e. The number of imidazole rings is 1. The van der Waals surface area contributed by atoms with Crippen LogP contribution in [0.4, 0.5) is 5.95 Å². The van der Waals surface area contributed by atoms with Gasteiger partial charge in [0.05, 0.1) is 15.5 Å². The highest BCUT2D eigenvalue weighted by Gasteiger charge is 2.14. The Labute approximate surface area is 151 Å². The maximum absolute atomic E-state index is 10.2. The largest absolute Gasteiger partial charge is 0.506 e. The SMILES string of the molecule is CC(C)n1c(NCc2cc(Br)cc(Br)c2O)nc2ccccc21. The van der Waals surface area contributed by atoms with Gasteiger partial charge in [-0.1, -0.05) is 28.1 Å². The molecule has 0 saturated carbocycles. The van der Waals surface area contributed by atoms with Crippen LogP contribution in [-0.2, 0) is 6.54 Å². The minimum Gasteiger partial charge on any atom is -0.506 e. The Morgan fingerprint density at radius 1 is 1.22 bits per heavy atom. The lowest BCUT2D eigenvalue weighted by Gasteiger charge is -2.15. The Balaban J connectivity index is 1.95. The fourth-order valence-electron chi connectivity index (χ4n) is 2.62. The van der Waals surface area contributed by atoms with Gasteiger partial charge in [0, 0.05) is 22.6 Å². The highest BCUT2D eigenvalue weighted by Crippen LogP contribution is 2.32. The zero-order chi connectivity index (χ0) is 16.6. The first kappa shape index (κ1) is 16.3. The van der Waals surface area contributed by atoms with E-state index in [0.717, 1.165) is 27.0 Å². The second kappa shape index (κ2) is 6.53. The second-order valence-electron chi connectivity index (χ2n) is 5.64. The summed E-state index contributed by atoms with van der Waals surface area (Å²) in [5.74, 6) is 1.05. The molecule has 0 amide bonds. The number of fused-ring (bicyclic) bond motifs is 1. The van der Waals surface area contributed by atoms with Crippen molar-refractivity contribution in [3.63, 3.8) is 0 Å². The average Bonchev–Trinajstić information content (AvgIpc) is 2.87. The third-order valence-corrected chi connectivity index (χ3v) is 4.72. The quantitative estimate of drug-likeness (QED) is 0.568. The van der Waals surface area contributed by atoms with Crippen molar-refractivity contribution in [1.82, 2.24) is 9.55 Å². The van der Waals surface area contributed by atoms with Gasteiger partial charge in [-0.15, -0.1) is 0 Å². The highest BCUT2D eigenvalue weighted by molar-refractivity contribution is 9.11. The lowest BCUT2D eigenvalue weighted by molar-refractivity contribution is 0.465. The molecule has 0 radical (unpaired) electrons. The van der Waals surface area contributed by atoms with Gasteiger partial charge in [0.15, 0.2) is 0 Å². The molecule has 1 heterocycles. The summed E-state index contributed by atoms with van der Waals surface area (Å²) in [7, 11) is 0. The molecule has 6 heteroatoms. The number of aromatic hydroxyl groups is 1. The molecule has 120 valence electrons. The Bertz CT molecular complexity index is 858. The van der Waals surface area contributed by atoms with Crippen LogP contribution in [0, 0.1) is 0 Å². The summed E-state index contributed by atoms with van der Waals surface area (Å²) < 4.78 is 3.75. The number of phenolic OH excluding ortho intramolecular Hbond substituents is 1. The van der Waals surface area contributed by atoms with Gasteiger partial charge in [-0.05, 0) is 54.0 Å². The lowest BCUT2D eigenvalue weighted by atomic mass is 10.2. The van der Waals surface area contributed by atoms with Gasteiger partial charge in [0.2, 0.25) is 5.95 Å². The first-order valence-electron chi connectivity index (χ1n) is 7.35. The predicted octanol–water partition coefficient (Wildman–Crippen LogP) is 5.46. The molecule has 0 fully saturated rings. The second-order valence-corrected chi connectivity index (χ2v) is 7.41. The zero-order valence-corrected chi connectivity index (χ0v) is 16.0. The summed E-state index contributed by atoms with van der Waals surface area (Å²) >= 11 is 6.81. The van der Waals surface area contributed by atoms with Crippen molar-refractivity contribution in [1.29, 1.82) is 0 Å². The Morgan fingerprint density at radius 3 is 2.70 bits per heavy atom. The first-order valence-corrected chi connectivity index (χ1v) is 8.93. The van der Waals surface area contributed by atoms with Gasteiger partial charge in [-0.3, -0.25) is 0 Å². The average molecular weight is 439 g/mol. The normalized spacial score (nSPS) is 11.3. The molecule has 2 aromatic carbocycles. The van der Waals surface area contributed by atoms with E-state index >= 15 is 0 Å². The number of rotatable bonds is 4. The van der Waals surface area contributed by atoms with Gasteiger partial charge < -0.3 is 15.0 Å². The Kier molecular flexibility index (Phi) is 4.64. The van der Waals surface area contributed by atoms with Crippen molar-refractivity contribution in [3.05, 3.63) is 50.9 Å². The third kappa shape index (κ3) is 3.23. The first-order chi connectivity index (χ1) is 11.0. The summed E-state index contributed by atoms with van der Waals surface area (Å²) in [4.78, 5) is 4.67. The van der Waals surface area contributed by atoms with E-state index in [0.29, 0.717) is 11.0 Å². The molecule has 0 aliphatic heterocycles. The van der Waals surface area contributed by atoms with Crippen LogP contribution in [0.1, 0.15) is 25.5 Å². The predicted molar refractivity (Wildman–Crippen MR) is 101 cm³/mol. The number of halogens is 2. The maximum atomic E-state index is 10.2. The van der Waals surface area contributed by atoms with E-state index in [1.54, 1.807) is 0 Å². The van der Waals surface area contributed by atoms with Gasteiger partial charge in [0.25, 0.3) is 0 Å². The van der Waals surface area contributed by atoms with E-state index in [9.17, 15) is 5.11 Å². The number of nitrogens with one attached hydrogen (secondary N) is 1. The molecule has 0 aliphatic rings. The third-order valence-electron chi connectivity index (χ3n) is 3.66. The number of anilines is 1. The zero-order valence-electron chi connectivity index (χ0n) is 12.8. The van der Waals surface area contributed by atoms with Crippen molar-refractivity contribution in [2.75, 3.05) is 5.32 Å². The van der Waals surface area contributed by atoms with Crippen molar-refractivity contribution >= 4 is 48.8 Å². The summed E-state index contributed by atoms with van der Waals surface area (Å²) in [5.41, 5.74) is 2.86. The Morgan fingerprint density at radius 2 is 1.96 bits per heavy atom. The summed E-state index contributed by atoms with van der Waals surface area (Å²) in [6, 6.07) is 12.1. The van der Waals surface area contributed by atoms with E-state index in [1.165, 1.54) is 0 Å². The van der Waals surface area contributed by atoms with Crippen LogP contribution >= 0.6 is 31.9 Å². The molecule has 0 spiro atoms. The molecule has 3 aromatic rings. The van der Waals surface area contributed by atoms with Gasteiger partial charge in [-0.25, -0.2) is 4.98 Å². The van der Waals surface area contributed by atoms with E-state index in [4.69, 9.17) is 0 Å². The number of para-hydroxylation sites is 2. The van der Waals surface area contributed by atoms with E-state index in [1.807, 2.05) is 30.3 Å². The van der Waals surface area contributed by atoms with Crippen LogP contribution in [0.2, 0.25) is 0 Å². The van der Waals surface area contributed by atoms with Crippen molar-refractivity contribution in [3.8, 4) is 5.75 Å². The number of hydrogen-bond acceptors (Lipinski definition) is 3. The number of aromatic nitrogens is 2. The fraction of sp³-hybridized carbons (Fsp3) is 0.235. The highest BCUT2D eigenvalue weighted by atomic mass is 79.9. The lowest BCUT2D eigenvalue weighted by Crippen LogP contribution is -2.09. The van der Waals surface area contributed by atoms with E-state index in [2.05, 4.69) is 66.6 Å². The van der Waals surface area contributed by atoms with E-state index < -0.39 is 0 Å². The minimum atomic E-state index is 0.243. The van der Waals surface area contributed by atoms with Crippen LogP contribution in [0.5, 0.6) is 5.75 Å². The number of phenols is 1. The molecule has 3 rings (SSSR count). The smallest absolute Gasteiger partial charge is 0.204 e. The topological polar surface area (TPSA) is 50.1 Å². The summed E-state index contributed by atoms with van der Waals surface area (Å²) in [6.45, 7) is 4.75. The molecule has 1 aromatic heterocycles. The molecule has 4 nitrogen and oxygen atoms in total. The molecule has 0 saturated heterocycles. The van der Waals surface area contributed by atoms with Crippen LogP contribution in [0.25, 0.3) is 11.0 Å². The van der Waals surface area contributed by atoms with Crippen molar-refractivity contribution in [2.45, 2.75) is 26.4 Å². The van der Waals surface area contributed by atoms with Crippen LogP contribution in [-0.4, -0.2) is 14.7 Å². The Hall–Kier alpha value is -1.53. The molecule has 0 unspecified atom stereocenters. The monoisotopic (exact) mass is 437 g/mol.